The van der Waals surface area contributed by atoms with E-state index in [0.717, 1.165) is 11.6 Å². The number of rotatable bonds is 5. The SMILES string of the molecule is C=CC(=O)Nc1ccc(C(=O)Nc2cn(-c3cc(C)cc(F)c3)nn2)cc1. The van der Waals surface area contributed by atoms with Crippen LogP contribution in [-0.2, 0) is 4.79 Å². The lowest BCUT2D eigenvalue weighted by molar-refractivity contribution is -0.111. The lowest BCUT2D eigenvalue weighted by atomic mass is 10.2. The summed E-state index contributed by atoms with van der Waals surface area (Å²) < 4.78 is 14.9. The van der Waals surface area contributed by atoms with Gasteiger partial charge >= 0.3 is 0 Å². The van der Waals surface area contributed by atoms with E-state index in [1.165, 1.54) is 23.0 Å². The first-order chi connectivity index (χ1) is 12.9. The Balaban J connectivity index is 1.70. The maximum absolute atomic E-state index is 13.5. The molecule has 0 aliphatic rings. The lowest BCUT2D eigenvalue weighted by Crippen LogP contribution is -2.12. The maximum atomic E-state index is 13.5. The monoisotopic (exact) mass is 365 g/mol. The van der Waals surface area contributed by atoms with E-state index < -0.39 is 0 Å². The van der Waals surface area contributed by atoms with Gasteiger partial charge in [0, 0.05) is 11.3 Å². The predicted octanol–water partition coefficient (Wildman–Crippen LogP) is 3.09. The van der Waals surface area contributed by atoms with Crippen LogP contribution in [0, 0.1) is 12.7 Å². The smallest absolute Gasteiger partial charge is 0.256 e. The van der Waals surface area contributed by atoms with Crippen LogP contribution in [0.15, 0.2) is 61.3 Å². The Hall–Kier alpha value is -3.81. The van der Waals surface area contributed by atoms with Crippen LogP contribution in [0.4, 0.5) is 15.9 Å². The zero-order valence-corrected chi connectivity index (χ0v) is 14.4. The van der Waals surface area contributed by atoms with Crippen LogP contribution < -0.4 is 10.6 Å². The molecule has 2 aromatic carbocycles. The molecule has 3 rings (SSSR count). The number of carbonyl (C=O) groups is 2. The third-order valence-electron chi connectivity index (χ3n) is 3.63. The molecule has 1 aromatic heterocycles. The van der Waals surface area contributed by atoms with E-state index in [4.69, 9.17) is 0 Å². The summed E-state index contributed by atoms with van der Waals surface area (Å²) >= 11 is 0. The molecule has 8 heteroatoms. The Bertz CT molecular complexity index is 991. The highest BCUT2D eigenvalue weighted by Gasteiger charge is 2.10. The molecule has 7 nitrogen and oxygen atoms in total. The quantitative estimate of drug-likeness (QED) is 0.680. The van der Waals surface area contributed by atoms with Gasteiger partial charge in [0.1, 0.15) is 5.82 Å². The molecule has 0 fully saturated rings. The van der Waals surface area contributed by atoms with Crippen molar-refractivity contribution < 1.29 is 14.0 Å². The summed E-state index contributed by atoms with van der Waals surface area (Å²) in [6, 6.07) is 10.8. The van der Waals surface area contributed by atoms with Crippen LogP contribution in [0.3, 0.4) is 0 Å². The van der Waals surface area contributed by atoms with Crippen LogP contribution in [0.1, 0.15) is 15.9 Å². The second kappa shape index (κ2) is 7.61. The van der Waals surface area contributed by atoms with E-state index in [-0.39, 0.29) is 23.4 Å². The van der Waals surface area contributed by atoms with Gasteiger partial charge in [0.25, 0.3) is 5.91 Å². The van der Waals surface area contributed by atoms with E-state index >= 15 is 0 Å². The molecule has 0 saturated heterocycles. The van der Waals surface area contributed by atoms with Crippen LogP contribution >= 0.6 is 0 Å². The number of aryl methyl sites for hydroxylation is 1. The summed E-state index contributed by atoms with van der Waals surface area (Å²) in [6.45, 7) is 5.14. The highest BCUT2D eigenvalue weighted by molar-refractivity contribution is 6.04. The van der Waals surface area contributed by atoms with E-state index in [1.54, 1.807) is 37.3 Å². The Morgan fingerprint density at radius 2 is 1.89 bits per heavy atom. The molecule has 2 amide bonds. The minimum absolute atomic E-state index is 0.228. The van der Waals surface area contributed by atoms with Crippen molar-refractivity contribution in [3.63, 3.8) is 0 Å². The van der Waals surface area contributed by atoms with Gasteiger partial charge in [0.05, 0.1) is 11.9 Å². The molecule has 136 valence electrons. The number of hydrogen-bond acceptors (Lipinski definition) is 4. The summed E-state index contributed by atoms with van der Waals surface area (Å²) in [7, 11) is 0. The van der Waals surface area contributed by atoms with Crippen molar-refractivity contribution in [2.45, 2.75) is 6.92 Å². The van der Waals surface area contributed by atoms with Gasteiger partial charge in [0.2, 0.25) is 5.91 Å². The number of anilines is 2. The minimum atomic E-state index is -0.390. The summed E-state index contributed by atoms with van der Waals surface area (Å²) in [6.07, 6.45) is 2.65. The third-order valence-corrected chi connectivity index (χ3v) is 3.63. The van der Waals surface area contributed by atoms with E-state index in [0.29, 0.717) is 16.9 Å². The highest BCUT2D eigenvalue weighted by atomic mass is 19.1. The molecular formula is C19H16FN5O2. The van der Waals surface area contributed by atoms with Crippen molar-refractivity contribution in [3.8, 4) is 5.69 Å². The molecule has 2 N–H and O–H groups in total. The molecule has 27 heavy (non-hydrogen) atoms. The normalized spacial score (nSPS) is 10.3. The Morgan fingerprint density at radius 3 is 2.56 bits per heavy atom. The second-order valence-electron chi connectivity index (χ2n) is 5.76. The van der Waals surface area contributed by atoms with Gasteiger partial charge < -0.3 is 10.6 Å². The van der Waals surface area contributed by atoms with Crippen molar-refractivity contribution in [2.75, 3.05) is 10.6 Å². The van der Waals surface area contributed by atoms with Crippen molar-refractivity contribution in [3.05, 3.63) is 78.3 Å². The number of nitrogens with zero attached hydrogens (tertiary/aromatic N) is 3. The van der Waals surface area contributed by atoms with E-state index in [1.807, 2.05) is 0 Å². The number of carbonyl (C=O) groups excluding carboxylic acids is 2. The van der Waals surface area contributed by atoms with Crippen LogP contribution in [0.2, 0.25) is 0 Å². The fraction of sp³-hybridized carbons (Fsp3) is 0.0526. The molecule has 0 aliphatic heterocycles. The largest absolute Gasteiger partial charge is 0.323 e. The summed E-state index contributed by atoms with van der Waals surface area (Å²) in [5, 5.41) is 13.0. The molecular weight excluding hydrogens is 349 g/mol. The Kier molecular flexibility index (Phi) is 5.07. The van der Waals surface area contributed by atoms with Crippen molar-refractivity contribution in [2.24, 2.45) is 0 Å². The average molecular weight is 365 g/mol. The first kappa shape index (κ1) is 18.0. The Morgan fingerprint density at radius 1 is 1.15 bits per heavy atom. The first-order valence-electron chi connectivity index (χ1n) is 7.99. The van der Waals surface area contributed by atoms with Crippen molar-refractivity contribution in [1.29, 1.82) is 0 Å². The number of amides is 2. The number of aromatic nitrogens is 3. The molecule has 0 radical (unpaired) electrons. The van der Waals surface area contributed by atoms with E-state index in [9.17, 15) is 14.0 Å². The molecule has 0 bridgehead atoms. The zero-order chi connectivity index (χ0) is 19.4. The van der Waals surface area contributed by atoms with Crippen molar-refractivity contribution in [1.82, 2.24) is 15.0 Å². The van der Waals surface area contributed by atoms with Gasteiger partial charge in [-0.3, -0.25) is 9.59 Å². The van der Waals surface area contributed by atoms with Gasteiger partial charge in [-0.05, 0) is 61.0 Å². The standard InChI is InChI=1S/C19H16FN5O2/c1-3-18(26)21-15-6-4-13(5-7-15)19(27)22-17-11-25(24-23-17)16-9-12(2)8-14(20)10-16/h3-11H,1H2,2H3,(H,21,26)(H,22,27). The van der Waals surface area contributed by atoms with Gasteiger partial charge in [-0.15, -0.1) is 5.10 Å². The van der Waals surface area contributed by atoms with Gasteiger partial charge in [0.15, 0.2) is 5.82 Å². The summed E-state index contributed by atoms with van der Waals surface area (Å²) in [5.74, 6) is -0.879. The van der Waals surface area contributed by atoms with E-state index in [2.05, 4.69) is 27.5 Å². The zero-order valence-electron chi connectivity index (χ0n) is 14.4. The van der Waals surface area contributed by atoms with Gasteiger partial charge in [-0.25, -0.2) is 9.07 Å². The average Bonchev–Trinajstić information content (AvgIpc) is 3.10. The van der Waals surface area contributed by atoms with Gasteiger partial charge in [-0.2, -0.15) is 0 Å². The minimum Gasteiger partial charge on any atom is -0.323 e. The maximum Gasteiger partial charge on any atom is 0.256 e. The molecule has 1 heterocycles. The molecule has 0 aliphatic carbocycles. The Labute approximate surface area is 154 Å². The second-order valence-corrected chi connectivity index (χ2v) is 5.76. The molecule has 0 saturated carbocycles. The molecule has 0 atom stereocenters. The fourth-order valence-corrected chi connectivity index (χ4v) is 2.38. The lowest BCUT2D eigenvalue weighted by Gasteiger charge is -2.05. The number of nitrogens with one attached hydrogen (secondary N) is 2. The number of hydrogen-bond donors (Lipinski definition) is 2. The fourth-order valence-electron chi connectivity index (χ4n) is 2.38. The summed E-state index contributed by atoms with van der Waals surface area (Å²) in [4.78, 5) is 23.6. The van der Waals surface area contributed by atoms with Gasteiger partial charge in [-0.1, -0.05) is 11.8 Å². The summed E-state index contributed by atoms with van der Waals surface area (Å²) in [5.41, 5.74) is 2.17. The number of halogens is 1. The predicted molar refractivity (Wildman–Crippen MR) is 99.3 cm³/mol. The number of benzene rings is 2. The van der Waals surface area contributed by atoms with Crippen molar-refractivity contribution >= 4 is 23.3 Å². The highest BCUT2D eigenvalue weighted by Crippen LogP contribution is 2.15. The third kappa shape index (κ3) is 4.43. The van der Waals surface area contributed by atoms with Crippen LogP contribution in [-0.4, -0.2) is 26.8 Å². The molecule has 3 aromatic rings. The topological polar surface area (TPSA) is 88.9 Å². The molecule has 0 spiro atoms. The van der Waals surface area contributed by atoms with Crippen LogP contribution in [0.5, 0.6) is 0 Å². The first-order valence-corrected chi connectivity index (χ1v) is 7.99. The molecule has 0 unspecified atom stereocenters. The van der Waals surface area contributed by atoms with Crippen LogP contribution in [0.25, 0.3) is 5.69 Å².